The van der Waals surface area contributed by atoms with Gasteiger partial charge in [-0.25, -0.2) is 9.97 Å². The predicted molar refractivity (Wildman–Crippen MR) is 130 cm³/mol. The molecule has 0 spiro atoms. The number of quaternary nitrogens is 1. The first kappa shape index (κ1) is 21.4. The Morgan fingerprint density at radius 1 is 1.09 bits per heavy atom. The van der Waals surface area contributed by atoms with Crippen LogP contribution in [-0.4, -0.2) is 53.3 Å². The fourth-order valence-electron chi connectivity index (χ4n) is 4.39. The topological polar surface area (TPSA) is 99.5 Å². The first-order valence-electron chi connectivity index (χ1n) is 11.4. The molecule has 5 rings (SSSR count). The minimum absolute atomic E-state index is 0.275. The summed E-state index contributed by atoms with van der Waals surface area (Å²) < 4.78 is 7.40. The van der Waals surface area contributed by atoms with Crippen molar-refractivity contribution < 1.29 is 14.4 Å². The van der Waals surface area contributed by atoms with E-state index >= 15 is 0 Å². The lowest BCUT2D eigenvalue weighted by Gasteiger charge is -2.23. The second-order valence-corrected chi connectivity index (χ2v) is 8.58. The van der Waals surface area contributed by atoms with Crippen LogP contribution in [0.25, 0.3) is 22.2 Å². The summed E-state index contributed by atoms with van der Waals surface area (Å²) >= 11 is 0. The molecular weight excluding hydrogens is 416 g/mol. The molecule has 0 aliphatic carbocycles. The number of morpholine rings is 1. The van der Waals surface area contributed by atoms with Gasteiger partial charge in [-0.2, -0.15) is 0 Å². The molecule has 0 atom stereocenters. The SMILES string of the molecule is Cc1ccc(NC(=O)c2c(N)n(CCC[NH+]3CCOCC3)c3nc4ccccc4nc23)cc1. The van der Waals surface area contributed by atoms with Crippen LogP contribution >= 0.6 is 0 Å². The van der Waals surface area contributed by atoms with E-state index < -0.39 is 0 Å². The zero-order chi connectivity index (χ0) is 22.8. The van der Waals surface area contributed by atoms with Crippen LogP contribution in [0.4, 0.5) is 11.5 Å². The number of ether oxygens (including phenoxy) is 1. The van der Waals surface area contributed by atoms with Crippen molar-refractivity contribution >= 4 is 39.6 Å². The first-order chi connectivity index (χ1) is 16.1. The van der Waals surface area contributed by atoms with Crippen molar-refractivity contribution in [1.82, 2.24) is 14.5 Å². The number of nitrogens with two attached hydrogens (primary N) is 1. The number of nitrogen functional groups attached to an aromatic ring is 1. The van der Waals surface area contributed by atoms with E-state index in [0.717, 1.165) is 61.6 Å². The molecular formula is C25H29N6O2+. The van der Waals surface area contributed by atoms with Gasteiger partial charge in [-0.1, -0.05) is 29.8 Å². The quantitative estimate of drug-likeness (QED) is 0.422. The molecule has 0 bridgehead atoms. The van der Waals surface area contributed by atoms with E-state index in [1.165, 1.54) is 4.90 Å². The summed E-state index contributed by atoms with van der Waals surface area (Å²) in [5.74, 6) is 0.130. The van der Waals surface area contributed by atoms with E-state index in [1.54, 1.807) is 0 Å². The van der Waals surface area contributed by atoms with Crippen molar-refractivity contribution in [2.24, 2.45) is 0 Å². The second-order valence-electron chi connectivity index (χ2n) is 8.58. The van der Waals surface area contributed by atoms with Crippen LogP contribution in [0.1, 0.15) is 22.3 Å². The van der Waals surface area contributed by atoms with Crippen LogP contribution < -0.4 is 16.0 Å². The Morgan fingerprint density at radius 3 is 2.52 bits per heavy atom. The summed E-state index contributed by atoms with van der Waals surface area (Å²) in [7, 11) is 0. The number of carbonyl (C=O) groups excluding carboxylic acids is 1. The van der Waals surface area contributed by atoms with E-state index in [9.17, 15) is 4.79 Å². The van der Waals surface area contributed by atoms with E-state index in [1.807, 2.05) is 60.0 Å². The van der Waals surface area contributed by atoms with E-state index in [2.05, 4.69) is 5.32 Å². The van der Waals surface area contributed by atoms with Crippen molar-refractivity contribution in [3.05, 3.63) is 59.7 Å². The van der Waals surface area contributed by atoms with Gasteiger partial charge in [-0.3, -0.25) is 4.79 Å². The molecule has 2 aromatic carbocycles. The highest BCUT2D eigenvalue weighted by Crippen LogP contribution is 2.29. The van der Waals surface area contributed by atoms with Gasteiger partial charge in [0.2, 0.25) is 0 Å². The molecule has 170 valence electrons. The molecule has 1 fully saturated rings. The van der Waals surface area contributed by atoms with Crippen LogP contribution in [0, 0.1) is 6.92 Å². The Kier molecular flexibility index (Phi) is 5.93. The predicted octanol–water partition coefficient (Wildman–Crippen LogP) is 2.03. The number of aryl methyl sites for hydroxylation is 2. The number of rotatable bonds is 6. The van der Waals surface area contributed by atoms with Gasteiger partial charge in [0.05, 0.1) is 30.8 Å². The molecule has 1 amide bonds. The maximum Gasteiger partial charge on any atom is 0.261 e. The van der Waals surface area contributed by atoms with Crippen LogP contribution in [-0.2, 0) is 11.3 Å². The van der Waals surface area contributed by atoms with Gasteiger partial charge in [0.1, 0.15) is 30.0 Å². The number of amides is 1. The number of fused-ring (bicyclic) bond motifs is 2. The molecule has 0 unspecified atom stereocenters. The number of nitrogens with one attached hydrogen (secondary N) is 2. The van der Waals surface area contributed by atoms with Gasteiger partial charge >= 0.3 is 0 Å². The van der Waals surface area contributed by atoms with Crippen LogP contribution in [0.3, 0.4) is 0 Å². The molecule has 0 radical (unpaired) electrons. The number of hydrogen-bond acceptors (Lipinski definition) is 5. The molecule has 0 saturated carbocycles. The van der Waals surface area contributed by atoms with Crippen LogP contribution in [0.2, 0.25) is 0 Å². The average molecular weight is 446 g/mol. The van der Waals surface area contributed by atoms with Gasteiger partial charge in [-0.05, 0) is 31.2 Å². The third kappa shape index (κ3) is 4.40. The molecule has 1 saturated heterocycles. The van der Waals surface area contributed by atoms with Crippen molar-refractivity contribution in [2.45, 2.75) is 19.9 Å². The Morgan fingerprint density at radius 2 is 1.79 bits per heavy atom. The lowest BCUT2D eigenvalue weighted by molar-refractivity contribution is -0.908. The Hall–Kier alpha value is -3.49. The highest BCUT2D eigenvalue weighted by Gasteiger charge is 2.24. The smallest absolute Gasteiger partial charge is 0.261 e. The number of anilines is 2. The van der Waals surface area contributed by atoms with Crippen molar-refractivity contribution in [3.63, 3.8) is 0 Å². The molecule has 1 aliphatic rings. The van der Waals surface area contributed by atoms with Crippen molar-refractivity contribution in [1.29, 1.82) is 0 Å². The molecule has 33 heavy (non-hydrogen) atoms. The van der Waals surface area contributed by atoms with E-state index in [0.29, 0.717) is 29.1 Å². The van der Waals surface area contributed by atoms with Crippen molar-refractivity contribution in [2.75, 3.05) is 43.9 Å². The first-order valence-corrected chi connectivity index (χ1v) is 11.4. The number of benzene rings is 2. The zero-order valence-corrected chi connectivity index (χ0v) is 18.8. The van der Waals surface area contributed by atoms with Gasteiger partial charge in [0, 0.05) is 18.7 Å². The summed E-state index contributed by atoms with van der Waals surface area (Å²) in [6, 6.07) is 15.4. The lowest BCUT2D eigenvalue weighted by atomic mass is 10.2. The van der Waals surface area contributed by atoms with E-state index in [-0.39, 0.29) is 5.91 Å². The molecule has 2 aromatic heterocycles. The summed E-state index contributed by atoms with van der Waals surface area (Å²) in [5.41, 5.74) is 11.5. The van der Waals surface area contributed by atoms with Crippen molar-refractivity contribution in [3.8, 4) is 0 Å². The standard InChI is InChI=1S/C25H28N6O2/c1-17-7-9-18(10-8-17)27-25(32)21-22-24(29-20-6-3-2-5-19(20)28-22)31(23(21)26)12-4-11-30-13-15-33-16-14-30/h2-3,5-10H,4,11-16,26H2,1H3,(H,27,32)/p+1. The minimum atomic E-state index is -0.275. The minimum Gasteiger partial charge on any atom is -0.384 e. The number of para-hydroxylation sites is 2. The fourth-order valence-corrected chi connectivity index (χ4v) is 4.39. The fraction of sp³-hybridized carbons (Fsp3) is 0.320. The number of hydrogen-bond donors (Lipinski definition) is 3. The highest BCUT2D eigenvalue weighted by atomic mass is 16.5. The number of nitrogens with zero attached hydrogens (tertiary/aromatic N) is 3. The Balaban J connectivity index is 1.50. The second kappa shape index (κ2) is 9.17. The molecule has 4 aromatic rings. The summed E-state index contributed by atoms with van der Waals surface area (Å²) in [4.78, 5) is 24.5. The van der Waals surface area contributed by atoms with Gasteiger partial charge in [-0.15, -0.1) is 0 Å². The lowest BCUT2D eigenvalue weighted by Crippen LogP contribution is -3.14. The summed E-state index contributed by atoms with van der Waals surface area (Å²) in [6.45, 7) is 7.38. The number of carbonyl (C=O) groups is 1. The third-order valence-electron chi connectivity index (χ3n) is 6.24. The van der Waals surface area contributed by atoms with Gasteiger partial charge < -0.3 is 25.3 Å². The molecule has 4 N–H and O–H groups in total. The van der Waals surface area contributed by atoms with E-state index in [4.69, 9.17) is 20.4 Å². The monoisotopic (exact) mass is 445 g/mol. The molecule has 1 aliphatic heterocycles. The highest BCUT2D eigenvalue weighted by molar-refractivity contribution is 6.16. The van der Waals surface area contributed by atoms with Crippen LogP contribution in [0.5, 0.6) is 0 Å². The third-order valence-corrected chi connectivity index (χ3v) is 6.24. The number of aromatic nitrogens is 3. The van der Waals surface area contributed by atoms with Gasteiger partial charge in [0.25, 0.3) is 5.91 Å². The maximum atomic E-state index is 13.3. The molecule has 8 nitrogen and oxygen atoms in total. The maximum absolute atomic E-state index is 13.3. The largest absolute Gasteiger partial charge is 0.384 e. The van der Waals surface area contributed by atoms with Crippen LogP contribution in [0.15, 0.2) is 48.5 Å². The normalized spacial score (nSPS) is 14.7. The Bertz CT molecular complexity index is 1290. The average Bonchev–Trinajstić information content (AvgIpc) is 3.10. The summed E-state index contributed by atoms with van der Waals surface area (Å²) in [6.07, 6.45) is 0.927. The summed E-state index contributed by atoms with van der Waals surface area (Å²) in [5, 5.41) is 2.97. The Labute approximate surface area is 192 Å². The molecule has 3 heterocycles. The molecule has 8 heteroatoms. The zero-order valence-electron chi connectivity index (χ0n) is 18.8. The van der Waals surface area contributed by atoms with Gasteiger partial charge in [0.15, 0.2) is 5.65 Å².